The van der Waals surface area contributed by atoms with Gasteiger partial charge in [0.1, 0.15) is 5.82 Å². The molecular weight excluding hydrogens is 349 g/mol. The van der Waals surface area contributed by atoms with E-state index >= 15 is 0 Å². The van der Waals surface area contributed by atoms with E-state index in [-0.39, 0.29) is 11.7 Å². The van der Waals surface area contributed by atoms with Gasteiger partial charge in [-0.25, -0.2) is 4.39 Å². The number of rotatable bonds is 4. The second-order valence-electron chi connectivity index (χ2n) is 5.69. The largest absolute Gasteiger partial charge is 0.371 e. The number of hydrogen-bond acceptors (Lipinski definition) is 4. The standard InChI is InChI=1S/C17H19ClFN3OS/c18-15-11-13(19)1-2-16(15)24-12-17(23)22-9-7-21(8-10-22)14-3-5-20-6-4-14/h1-3,5,11H,4,6-10,12H2. The van der Waals surface area contributed by atoms with Gasteiger partial charge in [-0.15, -0.1) is 11.8 Å². The summed E-state index contributed by atoms with van der Waals surface area (Å²) in [5.74, 6) is 0.0499. The molecule has 0 atom stereocenters. The van der Waals surface area contributed by atoms with Gasteiger partial charge in [0.15, 0.2) is 0 Å². The van der Waals surface area contributed by atoms with Gasteiger partial charge in [0.05, 0.1) is 10.8 Å². The fourth-order valence-corrected chi connectivity index (χ4v) is 3.96. The SMILES string of the molecule is O=C(CSc1ccc(F)cc1Cl)N1CCN(C2=CC=NCC2)CC1. The zero-order valence-corrected chi connectivity index (χ0v) is 14.8. The summed E-state index contributed by atoms with van der Waals surface area (Å²) in [5, 5.41) is 0.350. The normalized spacial score (nSPS) is 17.8. The van der Waals surface area contributed by atoms with Crippen LogP contribution < -0.4 is 0 Å². The lowest BCUT2D eigenvalue weighted by atomic mass is 10.2. The van der Waals surface area contributed by atoms with Crippen LogP contribution in [-0.2, 0) is 4.79 Å². The number of benzene rings is 1. The van der Waals surface area contributed by atoms with Crippen molar-refractivity contribution in [1.82, 2.24) is 9.80 Å². The number of carbonyl (C=O) groups is 1. The summed E-state index contributed by atoms with van der Waals surface area (Å²) in [5.41, 5.74) is 1.31. The van der Waals surface area contributed by atoms with E-state index in [2.05, 4.69) is 16.0 Å². The minimum absolute atomic E-state index is 0.0965. The van der Waals surface area contributed by atoms with E-state index in [4.69, 9.17) is 11.6 Å². The average Bonchev–Trinajstić information content (AvgIpc) is 2.62. The number of dihydropyridines is 1. The maximum Gasteiger partial charge on any atom is 0.233 e. The molecule has 4 nitrogen and oxygen atoms in total. The predicted octanol–water partition coefficient (Wildman–Crippen LogP) is 3.07. The van der Waals surface area contributed by atoms with Crippen molar-refractivity contribution in [1.29, 1.82) is 0 Å². The van der Waals surface area contributed by atoms with E-state index in [0.29, 0.717) is 10.8 Å². The fourth-order valence-electron chi connectivity index (χ4n) is 2.81. The van der Waals surface area contributed by atoms with Gasteiger partial charge >= 0.3 is 0 Å². The first-order valence-corrected chi connectivity index (χ1v) is 9.29. The van der Waals surface area contributed by atoms with Crippen molar-refractivity contribution in [3.05, 3.63) is 40.8 Å². The summed E-state index contributed by atoms with van der Waals surface area (Å²) < 4.78 is 13.0. The van der Waals surface area contributed by atoms with Gasteiger partial charge in [-0.2, -0.15) is 0 Å². The minimum Gasteiger partial charge on any atom is -0.371 e. The second kappa shape index (κ2) is 8.03. The van der Waals surface area contributed by atoms with E-state index in [1.807, 2.05) is 11.1 Å². The number of allylic oxidation sites excluding steroid dienone is 1. The van der Waals surface area contributed by atoms with E-state index in [1.165, 1.54) is 29.6 Å². The summed E-state index contributed by atoms with van der Waals surface area (Å²) >= 11 is 7.35. The molecule has 0 N–H and O–H groups in total. The van der Waals surface area contributed by atoms with Crippen LogP contribution in [0.1, 0.15) is 6.42 Å². The van der Waals surface area contributed by atoms with E-state index in [0.717, 1.165) is 44.0 Å². The van der Waals surface area contributed by atoms with Crippen LogP contribution in [0.2, 0.25) is 5.02 Å². The van der Waals surface area contributed by atoms with Crippen LogP contribution in [0.3, 0.4) is 0 Å². The molecule has 2 aliphatic heterocycles. The third-order valence-corrected chi connectivity index (χ3v) is 5.64. The maximum absolute atomic E-state index is 13.0. The van der Waals surface area contributed by atoms with Crippen molar-refractivity contribution < 1.29 is 9.18 Å². The van der Waals surface area contributed by atoms with Gasteiger partial charge in [-0.05, 0) is 24.3 Å². The molecule has 0 aromatic heterocycles. The average molecular weight is 368 g/mol. The maximum atomic E-state index is 13.0. The number of aliphatic imine (C=N–C) groups is 1. The van der Waals surface area contributed by atoms with Gasteiger partial charge in [0, 0.05) is 56.0 Å². The Balaban J connectivity index is 1.48. The topological polar surface area (TPSA) is 35.9 Å². The molecule has 1 saturated heterocycles. The number of amides is 1. The molecule has 1 amide bonds. The van der Waals surface area contributed by atoms with Gasteiger partial charge in [0.25, 0.3) is 0 Å². The van der Waals surface area contributed by atoms with Crippen LogP contribution in [-0.4, -0.2) is 60.4 Å². The van der Waals surface area contributed by atoms with Crippen LogP contribution in [0, 0.1) is 5.82 Å². The molecule has 0 radical (unpaired) electrons. The highest BCUT2D eigenvalue weighted by Gasteiger charge is 2.22. The predicted molar refractivity (Wildman–Crippen MR) is 96.3 cm³/mol. The molecule has 0 bridgehead atoms. The highest BCUT2D eigenvalue weighted by Crippen LogP contribution is 2.28. The molecule has 0 aliphatic carbocycles. The van der Waals surface area contributed by atoms with Crippen LogP contribution in [0.25, 0.3) is 0 Å². The number of hydrogen-bond donors (Lipinski definition) is 0. The molecule has 7 heteroatoms. The van der Waals surface area contributed by atoms with Crippen molar-refractivity contribution in [2.45, 2.75) is 11.3 Å². The Kier molecular flexibility index (Phi) is 5.79. The van der Waals surface area contributed by atoms with E-state index < -0.39 is 0 Å². The summed E-state index contributed by atoms with van der Waals surface area (Å²) in [6.45, 7) is 4.01. The van der Waals surface area contributed by atoms with Crippen molar-refractivity contribution in [3.8, 4) is 0 Å². The summed E-state index contributed by atoms with van der Waals surface area (Å²) in [7, 11) is 0. The van der Waals surface area contributed by atoms with E-state index in [9.17, 15) is 9.18 Å². The molecular formula is C17H19ClFN3OS. The fraction of sp³-hybridized carbons (Fsp3) is 0.412. The number of nitrogens with zero attached hydrogens (tertiary/aromatic N) is 3. The van der Waals surface area contributed by atoms with Crippen LogP contribution in [0.15, 0.2) is 39.9 Å². The Bertz CT molecular complexity index is 672. The van der Waals surface area contributed by atoms with Gasteiger partial charge in [-0.3, -0.25) is 9.79 Å². The van der Waals surface area contributed by atoms with Crippen LogP contribution in [0.5, 0.6) is 0 Å². The molecule has 0 saturated carbocycles. The van der Waals surface area contributed by atoms with Crippen molar-refractivity contribution in [2.75, 3.05) is 38.5 Å². The quantitative estimate of drug-likeness (QED) is 0.767. The molecule has 1 fully saturated rings. The summed E-state index contributed by atoms with van der Waals surface area (Å²) in [6, 6.07) is 4.25. The first-order chi connectivity index (χ1) is 11.6. The summed E-state index contributed by atoms with van der Waals surface area (Å²) in [6.07, 6.45) is 4.90. The van der Waals surface area contributed by atoms with Crippen molar-refractivity contribution >= 4 is 35.5 Å². The van der Waals surface area contributed by atoms with Gasteiger partial charge in [0.2, 0.25) is 5.91 Å². The zero-order chi connectivity index (χ0) is 16.9. The Morgan fingerprint density at radius 3 is 2.75 bits per heavy atom. The monoisotopic (exact) mass is 367 g/mol. The van der Waals surface area contributed by atoms with Crippen molar-refractivity contribution in [3.63, 3.8) is 0 Å². The molecule has 1 aromatic rings. The smallest absolute Gasteiger partial charge is 0.233 e. The number of halogens is 2. The molecule has 3 rings (SSSR count). The lowest BCUT2D eigenvalue weighted by Crippen LogP contribution is -2.49. The molecule has 2 heterocycles. The van der Waals surface area contributed by atoms with E-state index in [1.54, 1.807) is 6.07 Å². The van der Waals surface area contributed by atoms with Crippen molar-refractivity contribution in [2.24, 2.45) is 4.99 Å². The first-order valence-electron chi connectivity index (χ1n) is 7.93. The first kappa shape index (κ1) is 17.3. The Labute approximate surface area is 150 Å². The number of piperazine rings is 1. The van der Waals surface area contributed by atoms with Gasteiger partial charge in [-0.1, -0.05) is 11.6 Å². The molecule has 0 unspecified atom stereocenters. The molecule has 0 spiro atoms. The lowest BCUT2D eigenvalue weighted by Gasteiger charge is -2.37. The molecule has 2 aliphatic rings. The Morgan fingerprint density at radius 2 is 2.08 bits per heavy atom. The van der Waals surface area contributed by atoms with Crippen LogP contribution >= 0.6 is 23.4 Å². The summed E-state index contributed by atoms with van der Waals surface area (Å²) in [4.78, 5) is 21.5. The molecule has 1 aromatic carbocycles. The second-order valence-corrected chi connectivity index (χ2v) is 7.12. The Hall–Kier alpha value is -1.53. The minimum atomic E-state index is -0.367. The van der Waals surface area contributed by atoms with Crippen LogP contribution in [0.4, 0.5) is 4.39 Å². The molecule has 128 valence electrons. The third-order valence-electron chi connectivity index (χ3n) is 4.15. The number of thioether (sulfide) groups is 1. The third kappa shape index (κ3) is 4.30. The highest BCUT2D eigenvalue weighted by atomic mass is 35.5. The lowest BCUT2D eigenvalue weighted by molar-refractivity contribution is -0.129. The van der Waals surface area contributed by atoms with Gasteiger partial charge < -0.3 is 9.80 Å². The highest BCUT2D eigenvalue weighted by molar-refractivity contribution is 8.00. The zero-order valence-electron chi connectivity index (χ0n) is 13.3. The molecule has 24 heavy (non-hydrogen) atoms. The Morgan fingerprint density at radius 1 is 1.29 bits per heavy atom. The number of carbonyl (C=O) groups excluding carboxylic acids is 1.